The van der Waals surface area contributed by atoms with Gasteiger partial charge in [-0.1, -0.05) is 30.3 Å². The van der Waals surface area contributed by atoms with Gasteiger partial charge in [-0.15, -0.1) is 12.4 Å². The van der Waals surface area contributed by atoms with Crippen LogP contribution in [0.25, 0.3) is 0 Å². The Bertz CT molecular complexity index is 457. The number of benzene rings is 1. The van der Waals surface area contributed by atoms with Gasteiger partial charge in [0.2, 0.25) is 11.8 Å². The number of carbonyl (C=O) groups excluding carboxylic acids is 2. The largest absolute Gasteiger partial charge is 0.383 e. The normalized spacial score (nSPS) is 11.2. The topological polar surface area (TPSA) is 84.7 Å². The summed E-state index contributed by atoms with van der Waals surface area (Å²) in [5.74, 6) is -0.528. The summed E-state index contributed by atoms with van der Waals surface area (Å²) < 4.78 is 4.80. The van der Waals surface area contributed by atoms with Gasteiger partial charge < -0.3 is 20.7 Å². The summed E-state index contributed by atoms with van der Waals surface area (Å²) in [5, 5.41) is 2.53. The number of carbonyl (C=O) groups is 2. The average molecular weight is 330 g/mol. The SMILES string of the molecule is CCN(Cc1ccccc1)C(=O)CNC(=O)C(N)COC.Cl. The van der Waals surface area contributed by atoms with Crippen molar-refractivity contribution < 1.29 is 14.3 Å². The quantitative estimate of drug-likeness (QED) is 0.729. The summed E-state index contributed by atoms with van der Waals surface area (Å²) in [4.78, 5) is 25.4. The Kier molecular flexibility index (Phi) is 10.2. The van der Waals surface area contributed by atoms with Crippen LogP contribution < -0.4 is 11.1 Å². The molecule has 1 aromatic carbocycles. The van der Waals surface area contributed by atoms with Crippen molar-refractivity contribution in [3.05, 3.63) is 35.9 Å². The van der Waals surface area contributed by atoms with Gasteiger partial charge in [0.25, 0.3) is 0 Å². The number of hydrogen-bond donors (Lipinski definition) is 2. The van der Waals surface area contributed by atoms with Crippen LogP contribution in [0.1, 0.15) is 12.5 Å². The molecule has 3 N–H and O–H groups in total. The molecule has 0 radical (unpaired) electrons. The molecule has 0 fully saturated rings. The van der Waals surface area contributed by atoms with Crippen molar-refractivity contribution in [2.24, 2.45) is 5.73 Å². The molecule has 0 aliphatic carbocycles. The van der Waals surface area contributed by atoms with E-state index < -0.39 is 6.04 Å². The van der Waals surface area contributed by atoms with Gasteiger partial charge in [-0.3, -0.25) is 9.59 Å². The van der Waals surface area contributed by atoms with Crippen molar-refractivity contribution in [1.29, 1.82) is 0 Å². The van der Waals surface area contributed by atoms with Crippen molar-refractivity contribution in [1.82, 2.24) is 10.2 Å². The summed E-state index contributed by atoms with van der Waals surface area (Å²) in [6.07, 6.45) is 0. The fourth-order valence-electron chi connectivity index (χ4n) is 1.84. The van der Waals surface area contributed by atoms with Crippen molar-refractivity contribution in [2.75, 3.05) is 26.8 Å². The molecular weight excluding hydrogens is 306 g/mol. The first-order chi connectivity index (χ1) is 10.1. The van der Waals surface area contributed by atoms with Crippen LogP contribution in [-0.2, 0) is 20.9 Å². The van der Waals surface area contributed by atoms with E-state index in [2.05, 4.69) is 5.32 Å². The molecule has 7 heteroatoms. The minimum atomic E-state index is -0.757. The van der Waals surface area contributed by atoms with Crippen LogP contribution in [0.3, 0.4) is 0 Å². The number of nitrogens with zero attached hydrogens (tertiary/aromatic N) is 1. The summed E-state index contributed by atoms with van der Waals surface area (Å²) in [6, 6.07) is 8.95. The van der Waals surface area contributed by atoms with Crippen molar-refractivity contribution in [3.8, 4) is 0 Å². The molecule has 22 heavy (non-hydrogen) atoms. The van der Waals surface area contributed by atoms with Gasteiger partial charge in [-0.2, -0.15) is 0 Å². The Balaban J connectivity index is 0.00000441. The van der Waals surface area contributed by atoms with Gasteiger partial charge in [0, 0.05) is 20.2 Å². The first-order valence-electron chi connectivity index (χ1n) is 6.92. The highest BCUT2D eigenvalue weighted by atomic mass is 35.5. The highest BCUT2D eigenvalue weighted by Gasteiger charge is 2.16. The summed E-state index contributed by atoms with van der Waals surface area (Å²) in [6.45, 7) is 3.07. The van der Waals surface area contributed by atoms with E-state index in [1.165, 1.54) is 7.11 Å². The average Bonchev–Trinajstić information content (AvgIpc) is 2.51. The lowest BCUT2D eigenvalue weighted by Crippen LogP contribution is -2.47. The first-order valence-corrected chi connectivity index (χ1v) is 6.92. The fourth-order valence-corrected chi connectivity index (χ4v) is 1.84. The second-order valence-electron chi connectivity index (χ2n) is 4.67. The minimum Gasteiger partial charge on any atom is -0.383 e. The van der Waals surface area contributed by atoms with E-state index in [1.807, 2.05) is 37.3 Å². The maximum atomic E-state index is 12.1. The molecule has 1 unspecified atom stereocenters. The van der Waals surface area contributed by atoms with E-state index in [4.69, 9.17) is 10.5 Å². The van der Waals surface area contributed by atoms with E-state index in [-0.39, 0.29) is 37.4 Å². The van der Waals surface area contributed by atoms with Gasteiger partial charge in [-0.05, 0) is 12.5 Å². The second kappa shape index (κ2) is 11.0. The lowest BCUT2D eigenvalue weighted by Gasteiger charge is -2.21. The molecule has 0 bridgehead atoms. The van der Waals surface area contributed by atoms with Gasteiger partial charge in [0.05, 0.1) is 13.2 Å². The molecule has 1 aromatic rings. The zero-order valence-electron chi connectivity index (χ0n) is 13.0. The highest BCUT2D eigenvalue weighted by Crippen LogP contribution is 2.04. The summed E-state index contributed by atoms with van der Waals surface area (Å²) >= 11 is 0. The fraction of sp³-hybridized carbons (Fsp3) is 0.467. The molecule has 0 saturated carbocycles. The van der Waals surface area contributed by atoms with Gasteiger partial charge in [0.15, 0.2) is 0 Å². The molecule has 124 valence electrons. The van der Waals surface area contributed by atoms with E-state index in [1.54, 1.807) is 4.90 Å². The highest BCUT2D eigenvalue weighted by molar-refractivity contribution is 5.87. The number of hydrogen-bond acceptors (Lipinski definition) is 4. The monoisotopic (exact) mass is 329 g/mol. The molecule has 2 amide bonds. The van der Waals surface area contributed by atoms with Crippen LogP contribution in [0.2, 0.25) is 0 Å². The molecule has 0 saturated heterocycles. The van der Waals surface area contributed by atoms with Gasteiger partial charge in [0.1, 0.15) is 6.04 Å². The number of rotatable bonds is 8. The van der Waals surface area contributed by atoms with E-state index in [0.717, 1.165) is 5.56 Å². The zero-order valence-corrected chi connectivity index (χ0v) is 13.8. The molecule has 6 nitrogen and oxygen atoms in total. The lowest BCUT2D eigenvalue weighted by atomic mass is 10.2. The second-order valence-corrected chi connectivity index (χ2v) is 4.67. The number of likely N-dealkylation sites (N-methyl/N-ethyl adjacent to an activating group) is 1. The number of nitrogens with two attached hydrogens (primary N) is 1. The van der Waals surface area contributed by atoms with Crippen LogP contribution >= 0.6 is 12.4 Å². The van der Waals surface area contributed by atoms with E-state index >= 15 is 0 Å². The zero-order chi connectivity index (χ0) is 15.7. The molecular formula is C15H24ClN3O3. The number of amides is 2. The summed E-state index contributed by atoms with van der Waals surface area (Å²) in [7, 11) is 1.47. The standard InChI is InChI=1S/C15H23N3O3.ClH/c1-3-18(10-12-7-5-4-6-8-12)14(19)9-17-15(20)13(16)11-21-2;/h4-8,13H,3,9-11,16H2,1-2H3,(H,17,20);1H. The molecule has 1 atom stereocenters. The minimum absolute atomic E-state index is 0. The van der Waals surface area contributed by atoms with Gasteiger partial charge in [-0.25, -0.2) is 0 Å². The lowest BCUT2D eigenvalue weighted by molar-refractivity contribution is -0.133. The van der Waals surface area contributed by atoms with Crippen molar-refractivity contribution in [2.45, 2.75) is 19.5 Å². The third kappa shape index (κ3) is 6.89. The van der Waals surface area contributed by atoms with Gasteiger partial charge >= 0.3 is 0 Å². The Labute approximate surface area is 137 Å². The van der Waals surface area contributed by atoms with Crippen LogP contribution in [0.5, 0.6) is 0 Å². The van der Waals surface area contributed by atoms with Crippen LogP contribution in [0, 0.1) is 0 Å². The van der Waals surface area contributed by atoms with Crippen molar-refractivity contribution >= 4 is 24.2 Å². The third-order valence-electron chi connectivity index (χ3n) is 3.05. The van der Waals surface area contributed by atoms with Crippen LogP contribution in [0.4, 0.5) is 0 Å². The van der Waals surface area contributed by atoms with Crippen molar-refractivity contribution in [3.63, 3.8) is 0 Å². The third-order valence-corrected chi connectivity index (χ3v) is 3.05. The van der Waals surface area contributed by atoms with E-state index in [0.29, 0.717) is 13.1 Å². The number of halogens is 1. The molecule has 0 aromatic heterocycles. The maximum absolute atomic E-state index is 12.1. The molecule has 0 aliphatic heterocycles. The maximum Gasteiger partial charge on any atom is 0.242 e. The smallest absolute Gasteiger partial charge is 0.242 e. The first kappa shape index (κ1) is 20.4. The Morgan fingerprint density at radius 1 is 1.32 bits per heavy atom. The molecule has 0 spiro atoms. The predicted octanol–water partition coefficient (Wildman–Crippen LogP) is 0.547. The Morgan fingerprint density at radius 2 is 1.95 bits per heavy atom. The number of methoxy groups -OCH3 is 1. The predicted molar refractivity (Wildman–Crippen MR) is 87.6 cm³/mol. The molecule has 0 aliphatic rings. The van der Waals surface area contributed by atoms with E-state index in [9.17, 15) is 9.59 Å². The van der Waals surface area contributed by atoms with Crippen LogP contribution in [0.15, 0.2) is 30.3 Å². The molecule has 1 rings (SSSR count). The number of nitrogens with one attached hydrogen (secondary N) is 1. The van der Waals surface area contributed by atoms with Crippen LogP contribution in [-0.4, -0.2) is 49.6 Å². The summed E-state index contributed by atoms with van der Waals surface area (Å²) in [5.41, 5.74) is 6.64. The Morgan fingerprint density at radius 3 is 2.50 bits per heavy atom. The number of ether oxygens (including phenoxy) is 1. The Hall–Kier alpha value is -1.63. The molecule has 0 heterocycles.